The number of amides is 1. The highest BCUT2D eigenvalue weighted by Crippen LogP contribution is 2.09. The average molecular weight is 155 g/mol. The van der Waals surface area contributed by atoms with Crippen LogP contribution in [-0.2, 0) is 14.3 Å². The molecule has 4 heteroatoms. The zero-order valence-electron chi connectivity index (χ0n) is 6.38. The number of rotatable bonds is 1. The maximum Gasteiger partial charge on any atom is 0.355 e. The van der Waals surface area contributed by atoms with Gasteiger partial charge in [0.2, 0.25) is 5.91 Å². The molecule has 1 heterocycles. The number of carbonyl (C=O) groups is 2. The second kappa shape index (κ2) is 2.74. The molecule has 1 atom stereocenters. The van der Waals surface area contributed by atoms with Gasteiger partial charge < -0.3 is 10.1 Å². The predicted molar refractivity (Wildman–Crippen MR) is 37.5 cm³/mol. The molecule has 0 saturated heterocycles. The summed E-state index contributed by atoms with van der Waals surface area (Å²) < 4.78 is 4.73. The molecule has 0 radical (unpaired) electrons. The topological polar surface area (TPSA) is 55.4 Å². The Kier molecular flexibility index (Phi) is 1.94. The largest absolute Gasteiger partial charge is 0.454 e. The zero-order valence-corrected chi connectivity index (χ0v) is 6.38. The van der Waals surface area contributed by atoms with Gasteiger partial charge in [-0.15, -0.1) is 0 Å². The number of hydrogen-bond donors (Lipinski definition) is 1. The lowest BCUT2D eigenvalue weighted by atomic mass is 10.3. The quantitative estimate of drug-likeness (QED) is 0.540. The van der Waals surface area contributed by atoms with E-state index in [1.165, 1.54) is 6.92 Å². The molecule has 60 valence electrons. The fraction of sp³-hybridized carbons (Fsp3) is 0.429. The molecule has 1 rings (SSSR count). The molecule has 0 fully saturated rings. The minimum Gasteiger partial charge on any atom is -0.454 e. The van der Waals surface area contributed by atoms with Gasteiger partial charge in [-0.05, 0) is 13.0 Å². The highest BCUT2D eigenvalue weighted by molar-refractivity contribution is 5.95. The molecular formula is C7H9NO3. The molecule has 11 heavy (non-hydrogen) atoms. The first kappa shape index (κ1) is 7.78. The van der Waals surface area contributed by atoms with Crippen molar-refractivity contribution in [1.82, 2.24) is 5.32 Å². The van der Waals surface area contributed by atoms with E-state index in [0.29, 0.717) is 0 Å². The molecule has 0 saturated carbocycles. The molecule has 0 aromatic carbocycles. The van der Waals surface area contributed by atoms with Gasteiger partial charge in [-0.3, -0.25) is 4.79 Å². The van der Waals surface area contributed by atoms with Gasteiger partial charge in [0.05, 0.1) is 0 Å². The molecule has 1 N–H and O–H groups in total. The summed E-state index contributed by atoms with van der Waals surface area (Å²) in [7, 11) is 0. The summed E-state index contributed by atoms with van der Waals surface area (Å²) in [6, 6.07) is 0. The van der Waals surface area contributed by atoms with E-state index in [0.717, 1.165) is 0 Å². The second-order valence-electron chi connectivity index (χ2n) is 2.37. The lowest BCUT2D eigenvalue weighted by Crippen LogP contribution is -2.22. The Morgan fingerprint density at radius 2 is 2.36 bits per heavy atom. The third kappa shape index (κ3) is 1.80. The van der Waals surface area contributed by atoms with Gasteiger partial charge in [-0.1, -0.05) is 0 Å². The standard InChI is InChI=1S/C7H9NO3/c1-4-3-6(7(10)11-4)8-5(2)9/h3-4H,1-2H3,(H,8,9). The number of nitrogens with one attached hydrogen (secondary N) is 1. The lowest BCUT2D eigenvalue weighted by Gasteiger charge is -1.98. The van der Waals surface area contributed by atoms with Gasteiger partial charge in [0.25, 0.3) is 0 Å². The summed E-state index contributed by atoms with van der Waals surface area (Å²) in [6.07, 6.45) is 1.34. The van der Waals surface area contributed by atoms with Crippen molar-refractivity contribution < 1.29 is 14.3 Å². The minimum absolute atomic E-state index is 0.232. The van der Waals surface area contributed by atoms with Gasteiger partial charge in [0, 0.05) is 6.92 Å². The fourth-order valence-corrected chi connectivity index (χ4v) is 0.851. The van der Waals surface area contributed by atoms with E-state index in [9.17, 15) is 9.59 Å². The van der Waals surface area contributed by atoms with Crippen molar-refractivity contribution in [2.75, 3.05) is 0 Å². The van der Waals surface area contributed by atoms with Crippen molar-refractivity contribution in [3.8, 4) is 0 Å². The summed E-state index contributed by atoms with van der Waals surface area (Å²) >= 11 is 0. The van der Waals surface area contributed by atoms with Crippen LogP contribution in [0.3, 0.4) is 0 Å². The van der Waals surface area contributed by atoms with Crippen molar-refractivity contribution in [3.63, 3.8) is 0 Å². The van der Waals surface area contributed by atoms with Crippen molar-refractivity contribution in [1.29, 1.82) is 0 Å². The fourth-order valence-electron chi connectivity index (χ4n) is 0.851. The van der Waals surface area contributed by atoms with Gasteiger partial charge in [0.15, 0.2) is 0 Å². The monoisotopic (exact) mass is 155 g/mol. The number of ether oxygens (including phenoxy) is 1. The molecule has 0 aliphatic carbocycles. The Labute approximate surface area is 64.2 Å². The Hall–Kier alpha value is -1.32. The maximum absolute atomic E-state index is 10.8. The molecule has 0 spiro atoms. The summed E-state index contributed by atoms with van der Waals surface area (Å²) in [5.74, 6) is -0.727. The summed E-state index contributed by atoms with van der Waals surface area (Å²) in [4.78, 5) is 21.3. The lowest BCUT2D eigenvalue weighted by molar-refractivity contribution is -0.140. The normalized spacial score (nSPS) is 22.5. The predicted octanol–water partition coefficient (Wildman–Crippen LogP) is -0.0483. The third-order valence-corrected chi connectivity index (χ3v) is 1.22. The molecule has 1 aliphatic rings. The zero-order chi connectivity index (χ0) is 8.43. The van der Waals surface area contributed by atoms with E-state index in [2.05, 4.69) is 5.32 Å². The van der Waals surface area contributed by atoms with E-state index < -0.39 is 5.97 Å². The number of cyclic esters (lactones) is 1. The Balaban J connectivity index is 2.64. The van der Waals surface area contributed by atoms with Crippen LogP contribution in [0.25, 0.3) is 0 Å². The first-order valence-electron chi connectivity index (χ1n) is 3.30. The Morgan fingerprint density at radius 1 is 1.73 bits per heavy atom. The van der Waals surface area contributed by atoms with E-state index in [4.69, 9.17) is 4.74 Å². The van der Waals surface area contributed by atoms with E-state index in [1.807, 2.05) is 0 Å². The Bertz CT molecular complexity index is 232. The van der Waals surface area contributed by atoms with Crippen molar-refractivity contribution >= 4 is 11.9 Å². The minimum atomic E-state index is -0.465. The van der Waals surface area contributed by atoms with E-state index in [1.54, 1.807) is 13.0 Å². The van der Waals surface area contributed by atoms with Crippen LogP contribution in [0.1, 0.15) is 13.8 Å². The van der Waals surface area contributed by atoms with Gasteiger partial charge in [-0.2, -0.15) is 0 Å². The molecule has 0 aromatic heterocycles. The van der Waals surface area contributed by atoms with Crippen molar-refractivity contribution in [2.24, 2.45) is 0 Å². The Morgan fingerprint density at radius 3 is 2.73 bits per heavy atom. The van der Waals surface area contributed by atoms with Crippen LogP contribution >= 0.6 is 0 Å². The molecule has 0 bridgehead atoms. The summed E-state index contributed by atoms with van der Waals surface area (Å²) in [6.45, 7) is 3.07. The van der Waals surface area contributed by atoms with E-state index >= 15 is 0 Å². The van der Waals surface area contributed by atoms with Gasteiger partial charge in [0.1, 0.15) is 11.8 Å². The van der Waals surface area contributed by atoms with Crippen LogP contribution in [0.15, 0.2) is 11.8 Å². The highest BCUT2D eigenvalue weighted by atomic mass is 16.5. The van der Waals surface area contributed by atoms with Crippen LogP contribution < -0.4 is 5.32 Å². The van der Waals surface area contributed by atoms with Gasteiger partial charge >= 0.3 is 5.97 Å². The first-order valence-corrected chi connectivity index (χ1v) is 3.30. The SMILES string of the molecule is CC(=O)NC1=CC(C)OC1=O. The molecule has 1 unspecified atom stereocenters. The highest BCUT2D eigenvalue weighted by Gasteiger charge is 2.22. The molecule has 1 aliphatic heterocycles. The van der Waals surface area contributed by atoms with Crippen LogP contribution in [0.2, 0.25) is 0 Å². The number of hydrogen-bond acceptors (Lipinski definition) is 3. The molecule has 1 amide bonds. The van der Waals surface area contributed by atoms with Crippen molar-refractivity contribution in [2.45, 2.75) is 20.0 Å². The second-order valence-corrected chi connectivity index (χ2v) is 2.37. The van der Waals surface area contributed by atoms with Crippen LogP contribution in [0.4, 0.5) is 0 Å². The van der Waals surface area contributed by atoms with Crippen molar-refractivity contribution in [3.05, 3.63) is 11.8 Å². The summed E-state index contributed by atoms with van der Waals surface area (Å²) in [5.41, 5.74) is 0.241. The van der Waals surface area contributed by atoms with E-state index in [-0.39, 0.29) is 17.7 Å². The van der Waals surface area contributed by atoms with Crippen LogP contribution in [0.5, 0.6) is 0 Å². The number of carbonyl (C=O) groups excluding carboxylic acids is 2. The number of esters is 1. The van der Waals surface area contributed by atoms with Gasteiger partial charge in [-0.25, -0.2) is 4.79 Å². The maximum atomic E-state index is 10.8. The van der Waals surface area contributed by atoms with Crippen LogP contribution in [0, 0.1) is 0 Å². The first-order chi connectivity index (χ1) is 5.09. The van der Waals surface area contributed by atoms with Crippen LogP contribution in [-0.4, -0.2) is 18.0 Å². The smallest absolute Gasteiger partial charge is 0.355 e. The average Bonchev–Trinajstić information content (AvgIpc) is 2.09. The third-order valence-electron chi connectivity index (χ3n) is 1.22. The molecular weight excluding hydrogens is 146 g/mol. The summed E-state index contributed by atoms with van der Waals surface area (Å²) in [5, 5.41) is 2.37. The molecule has 4 nitrogen and oxygen atoms in total. The molecule has 0 aromatic rings.